The Hall–Kier alpha value is -2.69. The van der Waals surface area contributed by atoms with Gasteiger partial charge in [0.15, 0.2) is 0 Å². The fraction of sp³-hybridized carbons (Fsp3) is 0.300. The number of benzene rings is 1. The van der Waals surface area contributed by atoms with Crippen LogP contribution in [-0.4, -0.2) is 36.0 Å². The van der Waals surface area contributed by atoms with Crippen LogP contribution < -0.4 is 4.72 Å². The van der Waals surface area contributed by atoms with Gasteiger partial charge in [0.1, 0.15) is 15.7 Å². The van der Waals surface area contributed by atoms with E-state index in [4.69, 9.17) is 19.5 Å². The van der Waals surface area contributed by atoms with Crippen molar-refractivity contribution in [2.75, 3.05) is 0 Å². The van der Waals surface area contributed by atoms with Crippen LogP contribution in [0.1, 0.15) is 37.0 Å². The van der Waals surface area contributed by atoms with Gasteiger partial charge in [0.2, 0.25) is 10.0 Å². The van der Waals surface area contributed by atoms with Crippen molar-refractivity contribution >= 4 is 27.5 Å². The smallest absolute Gasteiger partial charge is 0.450 e. The Kier molecular flexibility index (Phi) is 6.91. The van der Waals surface area contributed by atoms with Gasteiger partial charge in [-0.1, -0.05) is 42.4 Å². The number of aryl methyl sites for hydroxylation is 1. The monoisotopic (exact) mass is 450 g/mol. The molecule has 0 bridgehead atoms. The van der Waals surface area contributed by atoms with Gasteiger partial charge in [0.05, 0.1) is 4.88 Å². The average molecular weight is 451 g/mol. The third-order valence-electron chi connectivity index (χ3n) is 4.48. The molecule has 0 aliphatic heterocycles. The summed E-state index contributed by atoms with van der Waals surface area (Å²) in [5.74, 6) is 1.08. The fourth-order valence-corrected chi connectivity index (χ4v) is 5.61. The van der Waals surface area contributed by atoms with Crippen molar-refractivity contribution in [3.05, 3.63) is 59.9 Å². The molecule has 4 rings (SSSR count). The highest BCUT2D eigenvalue weighted by Gasteiger charge is 2.41. The second kappa shape index (κ2) is 9.41. The van der Waals surface area contributed by atoms with Crippen molar-refractivity contribution in [1.29, 1.82) is 0 Å². The van der Waals surface area contributed by atoms with Gasteiger partial charge in [-0.25, -0.2) is 17.9 Å². The largest absolute Gasteiger partial charge is 0.503 e. The molecule has 0 radical (unpaired) electrons. The molecule has 0 saturated heterocycles. The van der Waals surface area contributed by atoms with Gasteiger partial charge < -0.3 is 14.7 Å². The van der Waals surface area contributed by atoms with E-state index in [0.29, 0.717) is 9.90 Å². The summed E-state index contributed by atoms with van der Waals surface area (Å²) in [6.45, 7) is 2.07. The summed E-state index contributed by atoms with van der Waals surface area (Å²) in [7, 11) is -3.52. The zero-order valence-electron chi connectivity index (χ0n) is 16.2. The van der Waals surface area contributed by atoms with Crippen molar-refractivity contribution in [3.63, 3.8) is 0 Å². The maximum atomic E-state index is 12.7. The first-order chi connectivity index (χ1) is 14.3. The predicted octanol–water partition coefficient (Wildman–Crippen LogP) is 4.41. The van der Waals surface area contributed by atoms with Crippen LogP contribution in [0.25, 0.3) is 10.6 Å². The maximum absolute atomic E-state index is 12.7. The Morgan fingerprint density at radius 1 is 1.23 bits per heavy atom. The predicted molar refractivity (Wildman–Crippen MR) is 112 cm³/mol. The van der Waals surface area contributed by atoms with Gasteiger partial charge in [-0.2, -0.15) is 0 Å². The molecule has 1 fully saturated rings. The third-order valence-corrected chi connectivity index (χ3v) is 7.57. The molecule has 2 atom stereocenters. The van der Waals surface area contributed by atoms with E-state index in [1.807, 2.05) is 36.4 Å². The Morgan fingerprint density at radius 2 is 1.93 bits per heavy atom. The van der Waals surface area contributed by atoms with Gasteiger partial charge >= 0.3 is 6.16 Å². The second-order valence-electron chi connectivity index (χ2n) is 6.81. The number of hydrogen-bond acceptors (Lipinski definition) is 6. The lowest BCUT2D eigenvalue weighted by Gasteiger charge is -2.04. The summed E-state index contributed by atoms with van der Waals surface area (Å²) in [4.78, 5) is 9.35. The molecular weight excluding hydrogens is 428 g/mol. The van der Waals surface area contributed by atoms with Gasteiger partial charge in [-0.3, -0.25) is 0 Å². The van der Waals surface area contributed by atoms with Crippen LogP contribution in [0.2, 0.25) is 0 Å². The molecule has 1 aromatic carbocycles. The molecule has 2 aromatic heterocycles. The minimum Gasteiger partial charge on any atom is -0.450 e. The summed E-state index contributed by atoms with van der Waals surface area (Å²) >= 11 is 1.22. The van der Waals surface area contributed by atoms with E-state index in [0.717, 1.165) is 29.9 Å². The Bertz CT molecular complexity index is 1090. The number of carboxylic acid groups (broad SMARTS) is 2. The van der Waals surface area contributed by atoms with Crippen LogP contribution in [0.4, 0.5) is 4.79 Å². The van der Waals surface area contributed by atoms with Crippen LogP contribution in [0.3, 0.4) is 0 Å². The van der Waals surface area contributed by atoms with Gasteiger partial charge in [-0.05, 0) is 30.5 Å². The molecule has 1 aliphatic carbocycles. The fourth-order valence-electron chi connectivity index (χ4n) is 3.05. The lowest BCUT2D eigenvalue weighted by atomic mass is 10.1. The normalized spacial score (nSPS) is 17.8. The highest BCUT2D eigenvalue weighted by Crippen LogP contribution is 2.42. The molecule has 0 spiro atoms. The molecule has 0 unspecified atom stereocenters. The van der Waals surface area contributed by atoms with Gasteiger partial charge in [0, 0.05) is 24.4 Å². The third kappa shape index (κ3) is 5.68. The second-order valence-corrected chi connectivity index (χ2v) is 9.83. The average Bonchev–Trinajstić information content (AvgIpc) is 3.09. The van der Waals surface area contributed by atoms with Crippen LogP contribution >= 0.6 is 11.3 Å². The summed E-state index contributed by atoms with van der Waals surface area (Å²) in [5, 5.41) is 18.0. The molecule has 1 saturated carbocycles. The molecule has 30 heavy (non-hydrogen) atoms. The molecule has 8 nitrogen and oxygen atoms in total. The lowest BCUT2D eigenvalue weighted by Crippen LogP contribution is -2.26. The molecule has 1 aliphatic rings. The van der Waals surface area contributed by atoms with Crippen molar-refractivity contribution in [3.8, 4) is 10.6 Å². The summed E-state index contributed by atoms with van der Waals surface area (Å²) in [6, 6.07) is 15.3. The molecule has 160 valence electrons. The lowest BCUT2D eigenvalue weighted by molar-refractivity contribution is 0.137. The standard InChI is InChI=1S/C19H20N2O3S2.CH2O3/c1-2-6-14-11-17(20-24-14)18-9-10-19(25-18)26(22,23)21-16-12-15(16)13-7-4-3-5-8-13;2-1(3)4/h3-5,7-11,15-16,21H,2,6,12H2,1H3;(H2,2,3,4)/t15-,16+;/m1./s1. The van der Waals surface area contributed by atoms with E-state index in [9.17, 15) is 8.42 Å². The minimum absolute atomic E-state index is 0.0313. The Morgan fingerprint density at radius 3 is 2.60 bits per heavy atom. The number of aromatic nitrogens is 1. The number of hydrogen-bond donors (Lipinski definition) is 3. The van der Waals surface area contributed by atoms with E-state index in [1.165, 1.54) is 16.9 Å². The van der Waals surface area contributed by atoms with Crippen molar-refractivity contribution in [2.24, 2.45) is 0 Å². The number of rotatable bonds is 7. The summed E-state index contributed by atoms with van der Waals surface area (Å²) in [5.41, 5.74) is 1.87. The number of sulfonamides is 1. The van der Waals surface area contributed by atoms with E-state index >= 15 is 0 Å². The zero-order valence-corrected chi connectivity index (χ0v) is 17.8. The topological polar surface area (TPSA) is 130 Å². The summed E-state index contributed by atoms with van der Waals surface area (Å²) < 4.78 is 33.8. The Balaban J connectivity index is 0.000000589. The van der Waals surface area contributed by atoms with Crippen molar-refractivity contribution in [2.45, 2.75) is 42.4 Å². The SMILES string of the molecule is CCCc1cc(-c2ccc(S(=O)(=O)N[C@H]3C[C@@H]3c3ccccc3)s2)no1.O=C(O)O. The number of nitrogens with zero attached hydrogens (tertiary/aromatic N) is 1. The number of thiophene rings is 1. The first-order valence-corrected chi connectivity index (χ1v) is 11.6. The Labute approximate surface area is 178 Å². The van der Waals surface area contributed by atoms with Crippen LogP contribution in [-0.2, 0) is 16.4 Å². The van der Waals surface area contributed by atoms with Gasteiger partial charge in [-0.15, -0.1) is 11.3 Å². The molecule has 3 N–H and O–H groups in total. The zero-order chi connectivity index (χ0) is 21.7. The maximum Gasteiger partial charge on any atom is 0.503 e. The van der Waals surface area contributed by atoms with Crippen molar-refractivity contribution in [1.82, 2.24) is 9.88 Å². The highest BCUT2D eigenvalue weighted by molar-refractivity contribution is 7.91. The van der Waals surface area contributed by atoms with E-state index in [-0.39, 0.29) is 12.0 Å². The quantitative estimate of drug-likeness (QED) is 0.486. The van der Waals surface area contributed by atoms with E-state index in [1.54, 1.807) is 12.1 Å². The van der Waals surface area contributed by atoms with Crippen LogP contribution in [0.15, 0.2) is 57.3 Å². The van der Waals surface area contributed by atoms with Gasteiger partial charge in [0.25, 0.3) is 0 Å². The van der Waals surface area contributed by atoms with E-state index in [2.05, 4.69) is 16.8 Å². The minimum atomic E-state index is -3.52. The van der Waals surface area contributed by atoms with Crippen LogP contribution in [0.5, 0.6) is 0 Å². The summed E-state index contributed by atoms with van der Waals surface area (Å²) in [6.07, 6.45) is 0.811. The van der Waals surface area contributed by atoms with Crippen molar-refractivity contribution < 1.29 is 27.9 Å². The van der Waals surface area contributed by atoms with E-state index < -0.39 is 16.2 Å². The first kappa shape index (κ1) is 22.0. The number of carbonyl (C=O) groups is 1. The molecule has 3 aromatic rings. The van der Waals surface area contributed by atoms with Crippen LogP contribution in [0, 0.1) is 0 Å². The first-order valence-electron chi connectivity index (χ1n) is 9.35. The number of nitrogens with one attached hydrogen (secondary N) is 1. The molecule has 10 heteroatoms. The molecule has 0 amide bonds. The molecular formula is C20H22N2O6S2. The molecule has 2 heterocycles. The highest BCUT2D eigenvalue weighted by atomic mass is 32.2.